The summed E-state index contributed by atoms with van der Waals surface area (Å²) in [5.41, 5.74) is 0. The van der Waals surface area contributed by atoms with Crippen LogP contribution in [0.1, 0.15) is 32.1 Å². The molecule has 1 saturated carbocycles. The third kappa shape index (κ3) is 4.84. The molecule has 0 amide bonds. The molecule has 1 N–H and O–H groups in total. The van der Waals surface area contributed by atoms with Gasteiger partial charge in [-0.2, -0.15) is 0 Å². The van der Waals surface area contributed by atoms with Crippen molar-refractivity contribution in [2.24, 2.45) is 0 Å². The molecule has 1 atom stereocenters. The maximum Gasteiger partial charge on any atom is 0.0900 e. The first kappa shape index (κ1) is 14.3. The molecule has 4 nitrogen and oxygen atoms in total. The van der Waals surface area contributed by atoms with E-state index < -0.39 is 0 Å². The van der Waals surface area contributed by atoms with Gasteiger partial charge in [0.1, 0.15) is 0 Å². The van der Waals surface area contributed by atoms with Gasteiger partial charge in [-0.1, -0.05) is 19.3 Å². The Morgan fingerprint density at radius 2 is 1.78 bits per heavy atom. The average molecular weight is 256 g/mol. The van der Waals surface area contributed by atoms with Crippen LogP contribution < -0.4 is 0 Å². The van der Waals surface area contributed by atoms with Gasteiger partial charge in [-0.15, -0.1) is 0 Å². The van der Waals surface area contributed by atoms with Gasteiger partial charge >= 0.3 is 0 Å². The summed E-state index contributed by atoms with van der Waals surface area (Å²) in [4.78, 5) is 4.68. The minimum Gasteiger partial charge on any atom is -0.389 e. The number of rotatable bonds is 5. The summed E-state index contributed by atoms with van der Waals surface area (Å²) < 4.78 is 5.82. The highest BCUT2D eigenvalue weighted by Crippen LogP contribution is 2.20. The molecular formula is C14H28N2O2. The lowest BCUT2D eigenvalue weighted by molar-refractivity contribution is -0.0363. The van der Waals surface area contributed by atoms with Gasteiger partial charge in [-0.05, 0) is 19.9 Å². The largest absolute Gasteiger partial charge is 0.389 e. The van der Waals surface area contributed by atoms with Crippen LogP contribution in [0.4, 0.5) is 0 Å². The van der Waals surface area contributed by atoms with Gasteiger partial charge in [0.15, 0.2) is 0 Å². The lowest BCUT2D eigenvalue weighted by atomic mass is 9.98. The second kappa shape index (κ2) is 7.43. The molecule has 4 heteroatoms. The molecule has 1 aliphatic carbocycles. The summed E-state index contributed by atoms with van der Waals surface area (Å²) in [6.07, 6.45) is 6.38. The topological polar surface area (TPSA) is 35.9 Å². The first-order chi connectivity index (χ1) is 8.74. The summed E-state index contributed by atoms with van der Waals surface area (Å²) >= 11 is 0. The third-order valence-corrected chi connectivity index (χ3v) is 4.14. The Morgan fingerprint density at radius 3 is 2.44 bits per heavy atom. The highest BCUT2D eigenvalue weighted by Gasteiger charge is 2.19. The van der Waals surface area contributed by atoms with Crippen molar-refractivity contribution in [3.05, 3.63) is 0 Å². The van der Waals surface area contributed by atoms with Gasteiger partial charge < -0.3 is 14.7 Å². The number of β-amino-alcohol motifs (C(OH)–C–C–N with tert-alkyl or cyclic N) is 1. The lowest BCUT2D eigenvalue weighted by Crippen LogP contribution is -2.47. The standard InChI is InChI=1S/C14H28N2O2/c1-15-7-9-16(10-8-15)11-13(17)12-18-14-5-3-2-4-6-14/h13-14,17H,2-12H2,1H3. The van der Waals surface area contributed by atoms with Crippen molar-refractivity contribution in [3.63, 3.8) is 0 Å². The molecular weight excluding hydrogens is 228 g/mol. The molecule has 2 aliphatic rings. The van der Waals surface area contributed by atoms with E-state index in [1.807, 2.05) is 0 Å². The molecule has 0 spiro atoms. The van der Waals surface area contributed by atoms with Gasteiger partial charge in [0.25, 0.3) is 0 Å². The predicted octanol–water partition coefficient (Wildman–Crippen LogP) is 0.944. The molecule has 0 radical (unpaired) electrons. The zero-order chi connectivity index (χ0) is 12.8. The molecule has 2 fully saturated rings. The van der Waals surface area contributed by atoms with Crippen LogP contribution in [0.5, 0.6) is 0 Å². The number of ether oxygens (including phenoxy) is 1. The Hall–Kier alpha value is -0.160. The highest BCUT2D eigenvalue weighted by atomic mass is 16.5. The molecule has 0 bridgehead atoms. The Balaban J connectivity index is 1.58. The van der Waals surface area contributed by atoms with Crippen LogP contribution in [-0.4, -0.2) is 73.5 Å². The van der Waals surface area contributed by atoms with E-state index in [0.29, 0.717) is 12.7 Å². The number of nitrogens with zero attached hydrogens (tertiary/aromatic N) is 2. The van der Waals surface area contributed by atoms with Crippen molar-refractivity contribution < 1.29 is 9.84 Å². The van der Waals surface area contributed by atoms with E-state index in [2.05, 4.69) is 16.8 Å². The quantitative estimate of drug-likeness (QED) is 0.794. The van der Waals surface area contributed by atoms with Gasteiger partial charge in [-0.25, -0.2) is 0 Å². The first-order valence-electron chi connectivity index (χ1n) is 7.44. The summed E-state index contributed by atoms with van der Waals surface area (Å²) in [7, 11) is 2.15. The number of piperazine rings is 1. The normalized spacial score (nSPS) is 26.3. The maximum atomic E-state index is 10.0. The van der Waals surface area contributed by atoms with E-state index in [4.69, 9.17) is 4.74 Å². The molecule has 106 valence electrons. The minimum absolute atomic E-state index is 0.324. The molecule has 2 rings (SSSR count). The van der Waals surface area contributed by atoms with Gasteiger partial charge in [0.05, 0.1) is 18.8 Å². The van der Waals surface area contributed by atoms with Gasteiger partial charge in [-0.3, -0.25) is 4.90 Å². The van der Waals surface area contributed by atoms with Crippen LogP contribution in [0, 0.1) is 0 Å². The first-order valence-corrected chi connectivity index (χ1v) is 7.44. The molecule has 1 saturated heterocycles. The molecule has 1 heterocycles. The van der Waals surface area contributed by atoms with E-state index in [0.717, 1.165) is 32.7 Å². The number of aliphatic hydroxyl groups is 1. The molecule has 1 unspecified atom stereocenters. The summed E-state index contributed by atoms with van der Waals surface area (Å²) in [6, 6.07) is 0. The number of likely N-dealkylation sites (N-methyl/N-ethyl adjacent to an activating group) is 1. The molecule has 0 aromatic heterocycles. The Bertz CT molecular complexity index is 224. The van der Waals surface area contributed by atoms with Gasteiger partial charge in [0, 0.05) is 32.7 Å². The summed E-state index contributed by atoms with van der Waals surface area (Å²) in [5.74, 6) is 0. The fourth-order valence-corrected chi connectivity index (χ4v) is 2.86. The smallest absolute Gasteiger partial charge is 0.0900 e. The van der Waals surface area contributed by atoms with Crippen LogP contribution in [0.15, 0.2) is 0 Å². The third-order valence-electron chi connectivity index (χ3n) is 4.14. The average Bonchev–Trinajstić information content (AvgIpc) is 2.40. The van der Waals surface area contributed by atoms with E-state index in [1.165, 1.54) is 32.1 Å². The van der Waals surface area contributed by atoms with Crippen LogP contribution >= 0.6 is 0 Å². The van der Waals surface area contributed by atoms with Crippen molar-refractivity contribution in [1.82, 2.24) is 9.80 Å². The highest BCUT2D eigenvalue weighted by molar-refractivity contribution is 4.73. The summed E-state index contributed by atoms with van der Waals surface area (Å²) in [6.45, 7) is 5.62. The van der Waals surface area contributed by atoms with Crippen LogP contribution in [0.3, 0.4) is 0 Å². The second-order valence-electron chi connectivity index (χ2n) is 5.85. The van der Waals surface area contributed by atoms with Crippen molar-refractivity contribution >= 4 is 0 Å². The van der Waals surface area contributed by atoms with Gasteiger partial charge in [0.2, 0.25) is 0 Å². The van der Waals surface area contributed by atoms with Crippen LogP contribution in [0.25, 0.3) is 0 Å². The van der Waals surface area contributed by atoms with Crippen molar-refractivity contribution in [2.75, 3.05) is 46.4 Å². The minimum atomic E-state index is -0.324. The van der Waals surface area contributed by atoms with Crippen molar-refractivity contribution in [1.29, 1.82) is 0 Å². The number of hydrogen-bond acceptors (Lipinski definition) is 4. The fraction of sp³-hybridized carbons (Fsp3) is 1.00. The van der Waals surface area contributed by atoms with E-state index in [-0.39, 0.29) is 6.10 Å². The van der Waals surface area contributed by atoms with E-state index in [1.54, 1.807) is 0 Å². The number of aliphatic hydroxyl groups excluding tert-OH is 1. The zero-order valence-corrected chi connectivity index (χ0v) is 11.7. The fourth-order valence-electron chi connectivity index (χ4n) is 2.86. The predicted molar refractivity (Wildman–Crippen MR) is 72.8 cm³/mol. The SMILES string of the molecule is CN1CCN(CC(O)COC2CCCCC2)CC1. The molecule has 0 aromatic rings. The Kier molecular flexibility index (Phi) is 5.89. The van der Waals surface area contributed by atoms with Crippen LogP contribution in [0.2, 0.25) is 0 Å². The maximum absolute atomic E-state index is 10.0. The number of hydrogen-bond donors (Lipinski definition) is 1. The molecule has 18 heavy (non-hydrogen) atoms. The van der Waals surface area contributed by atoms with Crippen molar-refractivity contribution in [2.45, 2.75) is 44.3 Å². The monoisotopic (exact) mass is 256 g/mol. The van der Waals surface area contributed by atoms with E-state index >= 15 is 0 Å². The van der Waals surface area contributed by atoms with E-state index in [9.17, 15) is 5.11 Å². The molecule has 1 aliphatic heterocycles. The van der Waals surface area contributed by atoms with Crippen LogP contribution in [-0.2, 0) is 4.74 Å². The lowest BCUT2D eigenvalue weighted by Gasteiger charge is -2.33. The zero-order valence-electron chi connectivity index (χ0n) is 11.7. The second-order valence-corrected chi connectivity index (χ2v) is 5.85. The Morgan fingerprint density at radius 1 is 1.11 bits per heavy atom. The summed E-state index contributed by atoms with van der Waals surface area (Å²) in [5, 5.41) is 10.0. The Labute approximate surface area is 111 Å². The molecule has 0 aromatic carbocycles. The van der Waals surface area contributed by atoms with Crippen molar-refractivity contribution in [3.8, 4) is 0 Å².